The summed E-state index contributed by atoms with van der Waals surface area (Å²) >= 11 is 0. The minimum atomic E-state index is -0.471. The van der Waals surface area contributed by atoms with Gasteiger partial charge in [-0.3, -0.25) is 4.90 Å². The molecule has 5 rings (SSSR count). The molecule has 0 saturated carbocycles. The molecule has 1 aliphatic rings. The van der Waals surface area contributed by atoms with Crippen LogP contribution in [0.1, 0.15) is 5.56 Å². The Labute approximate surface area is 173 Å². The summed E-state index contributed by atoms with van der Waals surface area (Å²) < 4.78 is 7.63. The summed E-state index contributed by atoms with van der Waals surface area (Å²) in [5.41, 5.74) is 2.69. The number of nitrogens with zero attached hydrogens (tertiary/aromatic N) is 3. The zero-order chi connectivity index (χ0) is 20.8. The largest absolute Gasteiger partial charge is 0.872 e. The molecule has 1 saturated heterocycles. The topological polar surface area (TPSA) is 78.8 Å². The van der Waals surface area contributed by atoms with Gasteiger partial charge in [0.15, 0.2) is 0 Å². The van der Waals surface area contributed by atoms with Crippen LogP contribution >= 0.6 is 0 Å². The summed E-state index contributed by atoms with van der Waals surface area (Å²) in [4.78, 5) is 21.2. The fourth-order valence-corrected chi connectivity index (χ4v) is 4.30. The lowest BCUT2D eigenvalue weighted by Gasteiger charge is -2.30. The summed E-state index contributed by atoms with van der Waals surface area (Å²) in [5, 5.41) is 13.4. The Hall–Kier alpha value is -3.16. The molecule has 1 fully saturated rings. The monoisotopic (exact) mass is 404 g/mol. The predicted molar refractivity (Wildman–Crippen MR) is 114 cm³/mol. The van der Waals surface area contributed by atoms with Gasteiger partial charge in [0.25, 0.3) is 0 Å². The van der Waals surface area contributed by atoms with Crippen LogP contribution in [0.15, 0.2) is 51.7 Å². The normalized spacial score (nSPS) is 15.9. The van der Waals surface area contributed by atoms with Crippen molar-refractivity contribution in [2.45, 2.75) is 6.54 Å². The maximum Gasteiger partial charge on any atom is 0.347 e. The lowest BCUT2D eigenvalue weighted by Crippen LogP contribution is -3.13. The molecule has 2 aromatic carbocycles. The van der Waals surface area contributed by atoms with Crippen LogP contribution < -0.4 is 15.6 Å². The highest BCUT2D eigenvalue weighted by molar-refractivity contribution is 5.86. The van der Waals surface area contributed by atoms with E-state index in [9.17, 15) is 9.90 Å². The van der Waals surface area contributed by atoms with E-state index >= 15 is 0 Å². The number of aromatic nitrogens is 2. The number of piperazine rings is 1. The summed E-state index contributed by atoms with van der Waals surface area (Å²) in [5.74, 6) is 0.483. The Morgan fingerprint density at radius 3 is 2.67 bits per heavy atom. The number of hydrogen-bond donors (Lipinski definition) is 1. The van der Waals surface area contributed by atoms with Gasteiger partial charge in [0.2, 0.25) is 0 Å². The average molecular weight is 404 g/mol. The van der Waals surface area contributed by atoms with Crippen LogP contribution in [0.25, 0.3) is 33.4 Å². The second kappa shape index (κ2) is 7.27. The highest BCUT2D eigenvalue weighted by Gasteiger charge is 2.21. The van der Waals surface area contributed by atoms with Gasteiger partial charge < -0.3 is 19.0 Å². The minimum Gasteiger partial charge on any atom is -0.872 e. The fraction of sp³-hybridized carbons (Fsp3) is 0.304. The number of likely N-dealkylation sites (N-methyl/N-ethyl adjacent to an activating group) is 1. The van der Waals surface area contributed by atoms with Crippen LogP contribution in [0.5, 0.6) is 5.75 Å². The van der Waals surface area contributed by atoms with Crippen LogP contribution in [0.2, 0.25) is 0 Å². The Morgan fingerprint density at radius 1 is 1.13 bits per heavy atom. The van der Waals surface area contributed by atoms with E-state index in [0.717, 1.165) is 42.6 Å². The summed E-state index contributed by atoms with van der Waals surface area (Å²) in [6, 6.07) is 12.9. The third-order valence-electron chi connectivity index (χ3n) is 6.11. The van der Waals surface area contributed by atoms with E-state index in [1.807, 2.05) is 35.9 Å². The Kier molecular flexibility index (Phi) is 4.56. The molecule has 0 amide bonds. The highest BCUT2D eigenvalue weighted by atomic mass is 16.4. The van der Waals surface area contributed by atoms with E-state index in [0.29, 0.717) is 29.1 Å². The number of quaternary nitrogens is 1. The number of benzene rings is 2. The number of nitrogens with one attached hydrogen (secondary N) is 1. The van der Waals surface area contributed by atoms with E-state index in [4.69, 9.17) is 4.42 Å². The van der Waals surface area contributed by atoms with Crippen molar-refractivity contribution in [1.82, 2.24) is 14.5 Å². The van der Waals surface area contributed by atoms with Crippen molar-refractivity contribution in [1.29, 1.82) is 0 Å². The SMILES string of the molecule is CN1CC[NH+](Cc2c([O-])ccc3cc(-c4nc5ccccc5n4C)c(=O)oc23)CC1. The summed E-state index contributed by atoms with van der Waals surface area (Å²) in [6.45, 7) is 4.49. The van der Waals surface area contributed by atoms with E-state index in [2.05, 4.69) is 16.9 Å². The molecule has 3 heterocycles. The standard InChI is InChI=1S/C23H24N4O3/c1-25-9-11-27(12-10-25)14-17-20(28)8-7-15-13-16(23(29)30-21(15)17)22-24-18-5-3-4-6-19(18)26(22)2/h3-8,13,28H,9-12,14H2,1-2H3. The predicted octanol–water partition coefficient (Wildman–Crippen LogP) is 0.751. The molecule has 0 radical (unpaired) electrons. The molecular weight excluding hydrogens is 380 g/mol. The summed E-state index contributed by atoms with van der Waals surface area (Å²) in [6.07, 6.45) is 0. The van der Waals surface area contributed by atoms with Gasteiger partial charge >= 0.3 is 5.63 Å². The van der Waals surface area contributed by atoms with E-state index < -0.39 is 5.63 Å². The first kappa shape index (κ1) is 18.8. The number of fused-ring (bicyclic) bond motifs is 2. The first-order valence-electron chi connectivity index (χ1n) is 10.2. The van der Waals surface area contributed by atoms with Crippen molar-refractivity contribution in [3.8, 4) is 17.1 Å². The van der Waals surface area contributed by atoms with Gasteiger partial charge in [-0.05, 0) is 25.2 Å². The molecule has 30 heavy (non-hydrogen) atoms. The number of aryl methyl sites for hydroxylation is 1. The molecule has 7 heteroatoms. The maximum absolute atomic E-state index is 12.9. The first-order valence-corrected chi connectivity index (χ1v) is 10.2. The quantitative estimate of drug-likeness (QED) is 0.510. The molecule has 0 bridgehead atoms. The second-order valence-electron chi connectivity index (χ2n) is 8.12. The van der Waals surface area contributed by atoms with Crippen molar-refractivity contribution in [3.63, 3.8) is 0 Å². The van der Waals surface area contributed by atoms with Gasteiger partial charge in [0.1, 0.15) is 23.5 Å². The number of imidazole rings is 1. The molecule has 7 nitrogen and oxygen atoms in total. The molecule has 154 valence electrons. The lowest BCUT2D eigenvalue weighted by atomic mass is 10.1. The number of hydrogen-bond acceptors (Lipinski definition) is 5. The van der Waals surface area contributed by atoms with Gasteiger partial charge in [0.05, 0.1) is 24.1 Å². The van der Waals surface area contributed by atoms with Gasteiger partial charge in [0, 0.05) is 31.1 Å². The van der Waals surface area contributed by atoms with Gasteiger partial charge in [-0.15, -0.1) is 0 Å². The fourth-order valence-electron chi connectivity index (χ4n) is 4.30. The summed E-state index contributed by atoms with van der Waals surface area (Å²) in [7, 11) is 3.99. The van der Waals surface area contributed by atoms with Crippen LogP contribution in [0.4, 0.5) is 0 Å². The molecule has 0 atom stereocenters. The molecule has 2 aromatic heterocycles. The first-order chi connectivity index (χ1) is 14.5. The van der Waals surface area contributed by atoms with E-state index in [1.165, 1.54) is 4.90 Å². The Bertz CT molecular complexity index is 1300. The van der Waals surface area contributed by atoms with E-state index in [-0.39, 0.29) is 5.75 Å². The minimum absolute atomic E-state index is 0.0763. The zero-order valence-electron chi connectivity index (χ0n) is 17.1. The third-order valence-corrected chi connectivity index (χ3v) is 6.11. The Morgan fingerprint density at radius 2 is 1.90 bits per heavy atom. The molecule has 1 aliphatic heterocycles. The molecule has 0 aliphatic carbocycles. The van der Waals surface area contributed by atoms with Crippen LogP contribution in [-0.4, -0.2) is 47.7 Å². The van der Waals surface area contributed by atoms with Crippen molar-refractivity contribution in [3.05, 3.63) is 58.4 Å². The van der Waals surface area contributed by atoms with Gasteiger partial charge in [-0.2, -0.15) is 0 Å². The number of rotatable bonds is 3. The molecule has 4 aromatic rings. The smallest absolute Gasteiger partial charge is 0.347 e. The number of para-hydroxylation sites is 2. The molecule has 0 spiro atoms. The lowest BCUT2D eigenvalue weighted by molar-refractivity contribution is -0.918. The van der Waals surface area contributed by atoms with Gasteiger partial charge in [-0.1, -0.05) is 30.0 Å². The molecular formula is C23H24N4O3. The third kappa shape index (κ3) is 3.16. The van der Waals surface area contributed by atoms with Crippen molar-refractivity contribution < 1.29 is 14.4 Å². The van der Waals surface area contributed by atoms with Gasteiger partial charge in [-0.25, -0.2) is 9.78 Å². The van der Waals surface area contributed by atoms with Crippen LogP contribution in [0.3, 0.4) is 0 Å². The second-order valence-corrected chi connectivity index (χ2v) is 8.12. The average Bonchev–Trinajstić information content (AvgIpc) is 3.08. The Balaban J connectivity index is 1.60. The van der Waals surface area contributed by atoms with Crippen molar-refractivity contribution in [2.75, 3.05) is 33.2 Å². The van der Waals surface area contributed by atoms with Crippen molar-refractivity contribution >= 4 is 22.0 Å². The van der Waals surface area contributed by atoms with Crippen LogP contribution in [-0.2, 0) is 13.6 Å². The van der Waals surface area contributed by atoms with E-state index in [1.54, 1.807) is 18.2 Å². The zero-order valence-corrected chi connectivity index (χ0v) is 17.1. The molecule has 0 unspecified atom stereocenters. The van der Waals surface area contributed by atoms with Crippen molar-refractivity contribution in [2.24, 2.45) is 7.05 Å². The van der Waals surface area contributed by atoms with Crippen LogP contribution in [0, 0.1) is 0 Å². The highest BCUT2D eigenvalue weighted by Crippen LogP contribution is 2.28. The molecule has 1 N–H and O–H groups in total. The maximum atomic E-state index is 12.9.